The Balaban J connectivity index is 0.923. The normalized spacial score (nSPS) is 15.8. The summed E-state index contributed by atoms with van der Waals surface area (Å²) in [6.07, 6.45) is 4.06. The molecule has 0 N–H and O–H groups in total. The first-order valence-electron chi connectivity index (χ1n) is 32.7. The molecule has 10 aromatic carbocycles. The number of rotatable bonds is 10. The molecule has 0 bridgehead atoms. The van der Waals surface area contributed by atoms with Crippen LogP contribution in [0.3, 0.4) is 0 Å². The van der Waals surface area contributed by atoms with Gasteiger partial charge in [0.2, 0.25) is 0 Å². The minimum absolute atomic E-state index is 0.0524. The number of nitrogens with zero attached hydrogens (tertiary/aromatic N) is 4. The quantitative estimate of drug-likeness (QED) is 0.137. The van der Waals surface area contributed by atoms with Crippen LogP contribution in [-0.4, -0.2) is 16.2 Å². The van der Waals surface area contributed by atoms with Crippen molar-refractivity contribution in [1.82, 2.24) is 9.55 Å². The largest absolute Gasteiger partial charge is 0.457 e. The maximum atomic E-state index is 10.3. The lowest BCUT2D eigenvalue weighted by Crippen LogP contribution is -2.33. The number of hydrogen-bond acceptors (Lipinski definition) is 4. The van der Waals surface area contributed by atoms with Crippen molar-refractivity contribution in [2.24, 2.45) is 0 Å². The number of para-hydroxylation sites is 4. The second-order valence-electron chi connectivity index (χ2n) is 24.4. The van der Waals surface area contributed by atoms with Gasteiger partial charge in [0.05, 0.1) is 39.1 Å². The van der Waals surface area contributed by atoms with Gasteiger partial charge in [-0.2, -0.15) is 0 Å². The number of aromatic nitrogens is 2. The molecule has 406 valence electrons. The highest BCUT2D eigenvalue weighted by Gasteiger charge is 2.38. The van der Waals surface area contributed by atoms with Crippen LogP contribution >= 0.6 is 0 Å². The van der Waals surface area contributed by atoms with Crippen LogP contribution in [0.1, 0.15) is 89.0 Å². The lowest BCUT2D eigenvalue weighted by atomic mass is 9.63. The molecule has 0 saturated heterocycles. The van der Waals surface area contributed by atoms with E-state index in [0.29, 0.717) is 28.3 Å². The van der Waals surface area contributed by atoms with E-state index in [9.17, 15) is 6.85 Å². The van der Waals surface area contributed by atoms with E-state index in [-0.39, 0.29) is 63.3 Å². The summed E-state index contributed by atoms with van der Waals surface area (Å²) in [7, 11) is 0. The SMILES string of the molecule is [2H]c1c([2H])c([2H])c(-c2c([2H])c(-c3ccccc3)c([2H])c(-c3cccc(-c4ccc5c(c4)C(C)(C)CCC5(C)C)c3N3CN(c4cccc(Oc5ccc6c7ccccc7n(-c7cc(C(C)(C)C)c(-c8ccccc8)cn7)c6c5)c4)c4ccccc43)c2[2H])c([2H])c1[2H]. The van der Waals surface area contributed by atoms with Crippen molar-refractivity contribution in [3.63, 3.8) is 0 Å². The van der Waals surface area contributed by atoms with Gasteiger partial charge in [-0.3, -0.25) is 4.57 Å². The molecule has 2 aliphatic rings. The summed E-state index contributed by atoms with van der Waals surface area (Å²) in [6, 6.07) is 62.0. The van der Waals surface area contributed by atoms with E-state index in [2.05, 4.69) is 178 Å². The van der Waals surface area contributed by atoms with E-state index in [1.807, 2.05) is 72.9 Å². The van der Waals surface area contributed by atoms with Gasteiger partial charge in [0.1, 0.15) is 24.0 Å². The van der Waals surface area contributed by atoms with Crippen molar-refractivity contribution in [2.75, 3.05) is 16.5 Å². The first-order valence-corrected chi connectivity index (χ1v) is 28.7. The predicted octanol–water partition coefficient (Wildman–Crippen LogP) is 21.2. The molecule has 1 aliphatic carbocycles. The molecule has 83 heavy (non-hydrogen) atoms. The number of fused-ring (bicyclic) bond motifs is 5. The Morgan fingerprint density at radius 3 is 1.83 bits per heavy atom. The van der Waals surface area contributed by atoms with Crippen molar-refractivity contribution < 1.29 is 15.7 Å². The van der Waals surface area contributed by atoms with Crippen LogP contribution in [0.15, 0.2) is 249 Å². The monoisotopic (exact) mass is 1080 g/mol. The number of hydrogen-bond donors (Lipinski definition) is 0. The second kappa shape index (κ2) is 20.2. The van der Waals surface area contributed by atoms with E-state index in [1.54, 1.807) is 12.1 Å². The summed E-state index contributed by atoms with van der Waals surface area (Å²) >= 11 is 0. The standard InChI is InChI=1S/C78H68N4O/c1-76(2,3)68-49-74(79-50-66(68)54-27-15-10-16-28-54)82-70-34-18-17-31-64(70)65-39-38-61(48-73(65)82)83-60-30-21-29-59(47-60)80-51-81(72-36-20-19-35-71(72)80)75-62(55-37-40-67-69(46-55)78(6,7)42-41-77(67,4)5)32-22-33-63(75)58-44-56(52-23-11-8-12-24-52)43-57(45-58)53-25-13-9-14-26-53/h8-40,43-50H,41-42,51H2,1-7H3/i8D,11D,12D,23D,24D,43D,44D,45D. The molecule has 0 spiro atoms. The third-order valence-corrected chi connectivity index (χ3v) is 17.1. The van der Waals surface area contributed by atoms with Gasteiger partial charge in [0, 0.05) is 51.5 Å². The molecule has 14 rings (SSSR count). The predicted molar refractivity (Wildman–Crippen MR) is 348 cm³/mol. The number of benzene rings is 10. The topological polar surface area (TPSA) is 33.5 Å². The second-order valence-corrected chi connectivity index (χ2v) is 24.4. The van der Waals surface area contributed by atoms with E-state index >= 15 is 0 Å². The van der Waals surface area contributed by atoms with Gasteiger partial charge in [-0.15, -0.1) is 0 Å². The van der Waals surface area contributed by atoms with Crippen LogP contribution in [0.4, 0.5) is 22.7 Å². The Morgan fingerprint density at radius 2 is 1.08 bits per heavy atom. The smallest absolute Gasteiger partial charge is 0.137 e. The molecule has 12 aromatic rings. The molecule has 5 heteroatoms. The summed E-state index contributed by atoms with van der Waals surface area (Å²) < 4.78 is 84.2. The number of anilines is 4. The highest BCUT2D eigenvalue weighted by atomic mass is 16.5. The molecule has 0 saturated carbocycles. The van der Waals surface area contributed by atoms with Gasteiger partial charge in [0.25, 0.3) is 0 Å². The van der Waals surface area contributed by atoms with Crippen LogP contribution in [-0.2, 0) is 16.2 Å². The van der Waals surface area contributed by atoms with Crippen molar-refractivity contribution in [2.45, 2.75) is 77.6 Å². The first-order chi connectivity index (χ1) is 43.6. The maximum Gasteiger partial charge on any atom is 0.137 e. The molecule has 5 nitrogen and oxygen atoms in total. The van der Waals surface area contributed by atoms with Crippen LogP contribution in [0.25, 0.3) is 83.3 Å². The molecule has 0 radical (unpaired) electrons. The Kier molecular flexibility index (Phi) is 10.5. The Bertz CT molecular complexity index is 4910. The van der Waals surface area contributed by atoms with Gasteiger partial charge < -0.3 is 14.5 Å². The lowest BCUT2D eigenvalue weighted by Gasteiger charge is -2.42. The molecule has 2 aromatic heterocycles. The van der Waals surface area contributed by atoms with Gasteiger partial charge in [-0.25, -0.2) is 4.98 Å². The van der Waals surface area contributed by atoms with Crippen molar-refractivity contribution in [3.05, 3.63) is 265 Å². The van der Waals surface area contributed by atoms with Crippen molar-refractivity contribution >= 4 is 44.6 Å². The fraction of sp³-hybridized carbons (Fsp3) is 0.167. The molecule has 0 unspecified atom stereocenters. The van der Waals surface area contributed by atoms with Gasteiger partial charge >= 0.3 is 0 Å². The maximum absolute atomic E-state index is 10.3. The molecule has 0 fully saturated rings. The Labute approximate surface area is 500 Å². The summed E-state index contributed by atoms with van der Waals surface area (Å²) in [6.45, 7) is 16.3. The average Bonchev–Trinajstić information content (AvgIpc) is 1.68. The average molecular weight is 1090 g/mol. The highest BCUT2D eigenvalue weighted by Crippen LogP contribution is 2.53. The van der Waals surface area contributed by atoms with Crippen LogP contribution < -0.4 is 14.5 Å². The Hall–Kier alpha value is -9.45. The van der Waals surface area contributed by atoms with Crippen molar-refractivity contribution in [3.8, 4) is 73.0 Å². The van der Waals surface area contributed by atoms with Gasteiger partial charge in [-0.05, 0) is 151 Å². The zero-order valence-corrected chi connectivity index (χ0v) is 47.9. The van der Waals surface area contributed by atoms with Crippen LogP contribution in [0.5, 0.6) is 11.5 Å². The van der Waals surface area contributed by atoms with E-state index in [1.165, 1.54) is 16.7 Å². The summed E-state index contributed by atoms with van der Waals surface area (Å²) in [5.41, 5.74) is 13.7. The minimum Gasteiger partial charge on any atom is -0.457 e. The lowest BCUT2D eigenvalue weighted by molar-refractivity contribution is 0.332. The third-order valence-electron chi connectivity index (χ3n) is 17.1. The molecule has 3 heterocycles. The van der Waals surface area contributed by atoms with E-state index < -0.39 is 30.2 Å². The van der Waals surface area contributed by atoms with E-state index in [0.717, 1.165) is 79.8 Å². The van der Waals surface area contributed by atoms with E-state index in [4.69, 9.17) is 13.8 Å². The number of pyridine rings is 1. The summed E-state index contributed by atoms with van der Waals surface area (Å²) in [4.78, 5) is 9.65. The van der Waals surface area contributed by atoms with Crippen molar-refractivity contribution in [1.29, 1.82) is 0 Å². The fourth-order valence-corrected chi connectivity index (χ4v) is 12.7. The molecule has 0 amide bonds. The van der Waals surface area contributed by atoms with Crippen LogP contribution in [0, 0.1) is 0 Å². The van der Waals surface area contributed by atoms with Gasteiger partial charge in [0.15, 0.2) is 0 Å². The molecule has 1 aliphatic heterocycles. The zero-order valence-electron chi connectivity index (χ0n) is 55.9. The van der Waals surface area contributed by atoms with Gasteiger partial charge in [-0.1, -0.05) is 212 Å². The molecular weight excluding hydrogens is 1010 g/mol. The summed E-state index contributed by atoms with van der Waals surface area (Å²) in [5.74, 6) is 2.09. The first kappa shape index (κ1) is 43.3. The molecular formula is C78H68N4O. The number of ether oxygens (including phenoxy) is 1. The van der Waals surface area contributed by atoms with Crippen LogP contribution in [0.2, 0.25) is 0 Å². The zero-order chi connectivity index (χ0) is 63.6. The minimum atomic E-state index is -0.575. The Morgan fingerprint density at radius 1 is 0.470 bits per heavy atom. The third kappa shape index (κ3) is 9.35. The summed E-state index contributed by atoms with van der Waals surface area (Å²) in [5, 5.41) is 2.18. The molecule has 0 atom stereocenters. The highest BCUT2D eigenvalue weighted by molar-refractivity contribution is 6.09. The fourth-order valence-electron chi connectivity index (χ4n) is 12.7.